The highest BCUT2D eigenvalue weighted by atomic mass is 15.1. The molecule has 1 unspecified atom stereocenters. The fourth-order valence-corrected chi connectivity index (χ4v) is 3.15. The number of benzene rings is 1. The van der Waals surface area contributed by atoms with Crippen LogP contribution in [0.1, 0.15) is 25.7 Å². The quantitative estimate of drug-likeness (QED) is 0.870. The van der Waals surface area contributed by atoms with Gasteiger partial charge in [0.1, 0.15) is 0 Å². The fourth-order valence-electron chi connectivity index (χ4n) is 3.15. The zero-order valence-electron chi connectivity index (χ0n) is 11.7. The summed E-state index contributed by atoms with van der Waals surface area (Å²) in [5.41, 5.74) is 2.65. The van der Waals surface area contributed by atoms with E-state index in [0.717, 1.165) is 12.5 Å². The number of nitrogens with one attached hydrogen (secondary N) is 2. The van der Waals surface area contributed by atoms with Gasteiger partial charge in [-0.3, -0.25) is 0 Å². The molecule has 2 fully saturated rings. The minimum atomic E-state index is 0.782. The third-order valence-electron chi connectivity index (χ3n) is 4.31. The molecule has 0 spiro atoms. The monoisotopic (exact) mass is 259 g/mol. The molecule has 2 aliphatic rings. The highest BCUT2D eigenvalue weighted by Gasteiger charge is 2.14. The Morgan fingerprint density at radius 1 is 1.21 bits per heavy atom. The van der Waals surface area contributed by atoms with Gasteiger partial charge < -0.3 is 15.5 Å². The molecule has 2 N–H and O–H groups in total. The van der Waals surface area contributed by atoms with Gasteiger partial charge in [-0.05, 0) is 62.9 Å². The first kappa shape index (κ1) is 12.8. The van der Waals surface area contributed by atoms with Crippen LogP contribution in [-0.4, -0.2) is 32.7 Å². The van der Waals surface area contributed by atoms with Gasteiger partial charge in [0, 0.05) is 31.0 Å². The molecule has 0 aliphatic carbocycles. The van der Waals surface area contributed by atoms with Gasteiger partial charge in [-0.15, -0.1) is 0 Å². The lowest BCUT2D eigenvalue weighted by molar-refractivity contribution is 0.393. The molecule has 1 aromatic rings. The van der Waals surface area contributed by atoms with Crippen LogP contribution in [0.15, 0.2) is 24.3 Å². The number of rotatable bonds is 4. The number of nitrogens with zero attached hydrogens (tertiary/aromatic N) is 1. The molecule has 3 heteroatoms. The predicted octanol–water partition coefficient (Wildman–Crippen LogP) is 2.70. The van der Waals surface area contributed by atoms with E-state index in [0.29, 0.717) is 0 Å². The molecule has 0 amide bonds. The largest absolute Gasteiger partial charge is 0.385 e. The molecule has 104 valence electrons. The van der Waals surface area contributed by atoms with E-state index in [1.54, 1.807) is 0 Å². The van der Waals surface area contributed by atoms with E-state index in [1.165, 1.54) is 63.2 Å². The number of anilines is 2. The van der Waals surface area contributed by atoms with Crippen LogP contribution < -0.4 is 15.5 Å². The zero-order chi connectivity index (χ0) is 12.9. The highest BCUT2D eigenvalue weighted by molar-refractivity contribution is 5.58. The number of hydrogen-bond donors (Lipinski definition) is 2. The van der Waals surface area contributed by atoms with Crippen molar-refractivity contribution < 1.29 is 0 Å². The molecule has 1 atom stereocenters. The number of piperidine rings is 1. The predicted molar refractivity (Wildman–Crippen MR) is 82.0 cm³/mol. The lowest BCUT2D eigenvalue weighted by atomic mass is 10.00. The van der Waals surface area contributed by atoms with E-state index < -0.39 is 0 Å². The van der Waals surface area contributed by atoms with Gasteiger partial charge in [0.2, 0.25) is 0 Å². The lowest BCUT2D eigenvalue weighted by Crippen LogP contribution is -2.33. The molecule has 2 saturated heterocycles. The maximum Gasteiger partial charge on any atom is 0.0386 e. The van der Waals surface area contributed by atoms with Gasteiger partial charge in [0.15, 0.2) is 0 Å². The average molecular weight is 259 g/mol. The van der Waals surface area contributed by atoms with Crippen molar-refractivity contribution in [2.45, 2.75) is 25.7 Å². The average Bonchev–Trinajstić information content (AvgIpc) is 3.01. The summed E-state index contributed by atoms with van der Waals surface area (Å²) in [4.78, 5) is 2.49. The maximum absolute atomic E-state index is 3.61. The molecule has 0 radical (unpaired) electrons. The zero-order valence-corrected chi connectivity index (χ0v) is 11.7. The van der Waals surface area contributed by atoms with Crippen LogP contribution in [0.4, 0.5) is 11.4 Å². The van der Waals surface area contributed by atoms with Crippen LogP contribution in [0, 0.1) is 5.92 Å². The molecular formula is C16H25N3. The van der Waals surface area contributed by atoms with Gasteiger partial charge in [-0.1, -0.05) is 6.07 Å². The molecule has 2 heterocycles. The van der Waals surface area contributed by atoms with Crippen molar-refractivity contribution in [1.29, 1.82) is 0 Å². The summed E-state index contributed by atoms with van der Waals surface area (Å²) in [6.45, 7) is 5.89. The molecule has 19 heavy (non-hydrogen) atoms. The van der Waals surface area contributed by atoms with Crippen LogP contribution >= 0.6 is 0 Å². The smallest absolute Gasteiger partial charge is 0.0386 e. The minimum Gasteiger partial charge on any atom is -0.385 e. The van der Waals surface area contributed by atoms with Crippen LogP contribution in [-0.2, 0) is 0 Å². The Kier molecular flexibility index (Phi) is 4.23. The normalized spacial score (nSPS) is 23.6. The maximum atomic E-state index is 3.61. The van der Waals surface area contributed by atoms with Crippen molar-refractivity contribution >= 4 is 11.4 Å². The SMILES string of the molecule is c1cc(NCC2CCCNC2)cc(N2CCCC2)c1. The fraction of sp³-hybridized carbons (Fsp3) is 0.625. The van der Waals surface area contributed by atoms with Crippen molar-refractivity contribution in [2.24, 2.45) is 5.92 Å². The van der Waals surface area contributed by atoms with Gasteiger partial charge in [-0.25, -0.2) is 0 Å². The molecular weight excluding hydrogens is 234 g/mol. The first-order valence-electron chi connectivity index (χ1n) is 7.71. The molecule has 0 bridgehead atoms. The molecule has 3 rings (SSSR count). The third kappa shape index (κ3) is 3.41. The Morgan fingerprint density at radius 3 is 2.89 bits per heavy atom. The first-order valence-corrected chi connectivity index (χ1v) is 7.71. The number of hydrogen-bond acceptors (Lipinski definition) is 3. The van der Waals surface area contributed by atoms with Crippen LogP contribution in [0.2, 0.25) is 0 Å². The van der Waals surface area contributed by atoms with Gasteiger partial charge >= 0.3 is 0 Å². The van der Waals surface area contributed by atoms with Gasteiger partial charge in [0.25, 0.3) is 0 Å². The summed E-state index contributed by atoms with van der Waals surface area (Å²) in [6.07, 6.45) is 5.35. The molecule has 0 aromatic heterocycles. The Morgan fingerprint density at radius 2 is 2.11 bits per heavy atom. The van der Waals surface area contributed by atoms with Crippen molar-refractivity contribution in [3.63, 3.8) is 0 Å². The van der Waals surface area contributed by atoms with Gasteiger partial charge in [-0.2, -0.15) is 0 Å². The Hall–Kier alpha value is -1.22. The van der Waals surface area contributed by atoms with Crippen LogP contribution in [0.5, 0.6) is 0 Å². The van der Waals surface area contributed by atoms with Crippen molar-refractivity contribution in [3.8, 4) is 0 Å². The molecule has 3 nitrogen and oxygen atoms in total. The Bertz CT molecular complexity index is 393. The first-order chi connectivity index (χ1) is 9.42. The van der Waals surface area contributed by atoms with E-state index >= 15 is 0 Å². The van der Waals surface area contributed by atoms with Crippen LogP contribution in [0.3, 0.4) is 0 Å². The van der Waals surface area contributed by atoms with Crippen molar-refractivity contribution in [1.82, 2.24) is 5.32 Å². The Balaban J connectivity index is 1.56. The summed E-state index contributed by atoms with van der Waals surface area (Å²) < 4.78 is 0. The standard InChI is InChI=1S/C16H25N3/c1-2-10-19(9-1)16-7-3-6-15(11-16)18-13-14-5-4-8-17-12-14/h3,6-7,11,14,17-18H,1-2,4-5,8-10,12-13H2. The Labute approximate surface area is 116 Å². The molecule has 2 aliphatic heterocycles. The summed E-state index contributed by atoms with van der Waals surface area (Å²) in [6, 6.07) is 8.91. The molecule has 0 saturated carbocycles. The lowest BCUT2D eigenvalue weighted by Gasteiger charge is -2.24. The third-order valence-corrected chi connectivity index (χ3v) is 4.31. The minimum absolute atomic E-state index is 0.782. The van der Waals surface area contributed by atoms with E-state index in [1.807, 2.05) is 0 Å². The van der Waals surface area contributed by atoms with E-state index in [-0.39, 0.29) is 0 Å². The van der Waals surface area contributed by atoms with Gasteiger partial charge in [0.05, 0.1) is 0 Å². The topological polar surface area (TPSA) is 27.3 Å². The summed E-state index contributed by atoms with van der Waals surface area (Å²) in [5.74, 6) is 0.782. The second kappa shape index (κ2) is 6.29. The van der Waals surface area contributed by atoms with E-state index in [2.05, 4.69) is 39.8 Å². The van der Waals surface area contributed by atoms with E-state index in [4.69, 9.17) is 0 Å². The van der Waals surface area contributed by atoms with Crippen LogP contribution in [0.25, 0.3) is 0 Å². The van der Waals surface area contributed by atoms with E-state index in [9.17, 15) is 0 Å². The van der Waals surface area contributed by atoms with Crippen molar-refractivity contribution in [2.75, 3.05) is 42.9 Å². The summed E-state index contributed by atoms with van der Waals surface area (Å²) in [5, 5.41) is 7.09. The molecule has 1 aromatic carbocycles. The highest BCUT2D eigenvalue weighted by Crippen LogP contribution is 2.23. The summed E-state index contributed by atoms with van der Waals surface area (Å²) >= 11 is 0. The van der Waals surface area contributed by atoms with Crippen molar-refractivity contribution in [3.05, 3.63) is 24.3 Å². The second-order valence-corrected chi connectivity index (χ2v) is 5.84. The second-order valence-electron chi connectivity index (χ2n) is 5.84. The summed E-state index contributed by atoms with van der Waals surface area (Å²) in [7, 11) is 0.